The Labute approximate surface area is 143 Å². The van der Waals surface area contributed by atoms with Crippen LogP contribution in [0.5, 0.6) is 0 Å². The van der Waals surface area contributed by atoms with Crippen molar-refractivity contribution >= 4 is 27.3 Å². The number of hydrogen-bond acceptors (Lipinski definition) is 6. The molecule has 1 aromatic carbocycles. The Morgan fingerprint density at radius 2 is 2.00 bits per heavy atom. The smallest absolute Gasteiger partial charge is 0.282 e. The van der Waals surface area contributed by atoms with Gasteiger partial charge in [0.25, 0.3) is 15.9 Å². The number of rotatable bonds is 5. The fourth-order valence-corrected chi connectivity index (χ4v) is 3.64. The van der Waals surface area contributed by atoms with Crippen molar-refractivity contribution in [3.05, 3.63) is 64.4 Å². The Bertz CT molecular complexity index is 945. The first kappa shape index (κ1) is 16.3. The molecular formula is C15H14N4O3S2. The molecule has 0 bridgehead atoms. The number of hydrogen-bond donors (Lipinski definition) is 1. The molecule has 7 nitrogen and oxygen atoms in total. The lowest BCUT2D eigenvalue weighted by Gasteiger charge is -2.04. The van der Waals surface area contributed by atoms with Crippen LogP contribution >= 0.6 is 11.3 Å². The standard InChI is InChI=1S/C15H14N4O3S2/c1-11-2-4-13(5-3-11)24(21,22)19-7-6-14(18-19)15(20)16-8-12-9-23-10-17-12/h2-7,9-10H,8H2,1H3,(H,16,20). The molecule has 1 amide bonds. The zero-order valence-electron chi connectivity index (χ0n) is 12.7. The highest BCUT2D eigenvalue weighted by atomic mass is 32.2. The first-order valence-electron chi connectivity index (χ1n) is 7.00. The van der Waals surface area contributed by atoms with Gasteiger partial charge in [-0.25, -0.2) is 4.98 Å². The molecule has 3 aromatic rings. The molecule has 0 aliphatic carbocycles. The van der Waals surface area contributed by atoms with E-state index in [1.807, 2.05) is 12.3 Å². The number of aryl methyl sites for hydroxylation is 1. The summed E-state index contributed by atoms with van der Waals surface area (Å²) >= 11 is 1.43. The predicted molar refractivity (Wildman–Crippen MR) is 89.3 cm³/mol. The van der Waals surface area contributed by atoms with Crippen molar-refractivity contribution in [1.82, 2.24) is 19.5 Å². The minimum atomic E-state index is -3.81. The minimum absolute atomic E-state index is 0.0286. The van der Waals surface area contributed by atoms with Gasteiger partial charge in [-0.1, -0.05) is 17.7 Å². The van der Waals surface area contributed by atoms with Crippen molar-refractivity contribution in [1.29, 1.82) is 0 Å². The van der Waals surface area contributed by atoms with Gasteiger partial charge in [0.15, 0.2) is 5.69 Å². The lowest BCUT2D eigenvalue weighted by atomic mass is 10.2. The van der Waals surface area contributed by atoms with E-state index in [2.05, 4.69) is 15.4 Å². The molecule has 0 saturated carbocycles. The van der Waals surface area contributed by atoms with Crippen LogP contribution in [0.2, 0.25) is 0 Å². The third-order valence-electron chi connectivity index (χ3n) is 3.28. The summed E-state index contributed by atoms with van der Waals surface area (Å²) in [6.45, 7) is 2.13. The second-order valence-corrected chi connectivity index (χ2v) is 7.57. The maximum Gasteiger partial charge on any atom is 0.282 e. The van der Waals surface area contributed by atoms with Crippen molar-refractivity contribution < 1.29 is 13.2 Å². The predicted octanol–water partition coefficient (Wildman–Crippen LogP) is 1.82. The average molecular weight is 362 g/mol. The van der Waals surface area contributed by atoms with Crippen LogP contribution in [0, 0.1) is 6.92 Å². The summed E-state index contributed by atoms with van der Waals surface area (Å²) in [5.41, 5.74) is 3.39. The molecule has 0 aliphatic rings. The Balaban J connectivity index is 1.77. The van der Waals surface area contributed by atoms with E-state index in [0.29, 0.717) is 0 Å². The van der Waals surface area contributed by atoms with Crippen LogP contribution in [-0.2, 0) is 16.6 Å². The summed E-state index contributed by atoms with van der Waals surface area (Å²) in [6.07, 6.45) is 1.26. The molecule has 9 heteroatoms. The average Bonchev–Trinajstić information content (AvgIpc) is 3.25. The zero-order chi connectivity index (χ0) is 17.2. The molecule has 3 rings (SSSR count). The number of nitrogens with one attached hydrogen (secondary N) is 1. The van der Waals surface area contributed by atoms with E-state index >= 15 is 0 Å². The van der Waals surface area contributed by atoms with Gasteiger partial charge >= 0.3 is 0 Å². The third-order valence-corrected chi connectivity index (χ3v) is 5.48. The molecule has 0 atom stereocenters. The lowest BCUT2D eigenvalue weighted by Crippen LogP contribution is -2.24. The summed E-state index contributed by atoms with van der Waals surface area (Å²) in [5, 5.41) is 8.35. The Morgan fingerprint density at radius 3 is 2.67 bits per heavy atom. The molecule has 2 aromatic heterocycles. The maximum absolute atomic E-state index is 12.5. The number of carbonyl (C=O) groups is 1. The van der Waals surface area contributed by atoms with Crippen LogP contribution in [0.1, 0.15) is 21.7 Å². The first-order valence-corrected chi connectivity index (χ1v) is 9.38. The Morgan fingerprint density at radius 1 is 1.25 bits per heavy atom. The van der Waals surface area contributed by atoms with Crippen molar-refractivity contribution in [2.75, 3.05) is 0 Å². The molecule has 24 heavy (non-hydrogen) atoms. The van der Waals surface area contributed by atoms with E-state index in [-0.39, 0.29) is 17.1 Å². The summed E-state index contributed by atoms with van der Waals surface area (Å²) in [7, 11) is -3.81. The van der Waals surface area contributed by atoms with Gasteiger partial charge in [0.2, 0.25) is 0 Å². The highest BCUT2D eigenvalue weighted by Gasteiger charge is 2.19. The van der Waals surface area contributed by atoms with Crippen molar-refractivity contribution in [2.45, 2.75) is 18.4 Å². The van der Waals surface area contributed by atoms with E-state index in [9.17, 15) is 13.2 Å². The quantitative estimate of drug-likeness (QED) is 0.747. The van der Waals surface area contributed by atoms with Gasteiger partial charge in [-0.05, 0) is 25.1 Å². The third kappa shape index (κ3) is 3.36. The van der Waals surface area contributed by atoms with E-state index in [4.69, 9.17) is 0 Å². The van der Waals surface area contributed by atoms with Crippen molar-refractivity contribution in [3.8, 4) is 0 Å². The van der Waals surface area contributed by atoms with Gasteiger partial charge in [-0.3, -0.25) is 4.79 Å². The topological polar surface area (TPSA) is 94.0 Å². The molecule has 124 valence electrons. The van der Waals surface area contributed by atoms with Crippen LogP contribution < -0.4 is 5.32 Å². The van der Waals surface area contributed by atoms with Crippen LogP contribution in [0.3, 0.4) is 0 Å². The van der Waals surface area contributed by atoms with Crippen molar-refractivity contribution in [3.63, 3.8) is 0 Å². The van der Waals surface area contributed by atoms with Crippen LogP contribution in [0.15, 0.2) is 52.3 Å². The molecule has 0 unspecified atom stereocenters. The largest absolute Gasteiger partial charge is 0.345 e. The fourth-order valence-electron chi connectivity index (χ4n) is 1.97. The van der Waals surface area contributed by atoms with Gasteiger partial charge in [0, 0.05) is 11.6 Å². The fraction of sp³-hybridized carbons (Fsp3) is 0.133. The van der Waals surface area contributed by atoms with Gasteiger partial charge in [0.1, 0.15) is 0 Å². The number of benzene rings is 1. The van der Waals surface area contributed by atoms with Gasteiger partial charge < -0.3 is 5.32 Å². The van der Waals surface area contributed by atoms with E-state index < -0.39 is 15.9 Å². The zero-order valence-corrected chi connectivity index (χ0v) is 14.3. The molecule has 0 spiro atoms. The minimum Gasteiger partial charge on any atom is -0.345 e. The van der Waals surface area contributed by atoms with Crippen molar-refractivity contribution in [2.24, 2.45) is 0 Å². The van der Waals surface area contributed by atoms with Crippen LogP contribution in [0.4, 0.5) is 0 Å². The first-order chi connectivity index (χ1) is 11.5. The summed E-state index contributed by atoms with van der Waals surface area (Å²) < 4.78 is 25.8. The summed E-state index contributed by atoms with van der Waals surface area (Å²) in [6, 6.07) is 7.79. The molecule has 0 radical (unpaired) electrons. The second kappa shape index (κ2) is 6.54. The molecule has 0 fully saturated rings. The number of thiazole rings is 1. The number of amides is 1. The van der Waals surface area contributed by atoms with Gasteiger partial charge in [0.05, 0.1) is 22.6 Å². The maximum atomic E-state index is 12.5. The highest BCUT2D eigenvalue weighted by Crippen LogP contribution is 2.14. The number of nitrogens with zero attached hydrogens (tertiary/aromatic N) is 3. The van der Waals surface area contributed by atoms with Crippen LogP contribution in [0.25, 0.3) is 0 Å². The molecule has 1 N–H and O–H groups in total. The monoisotopic (exact) mass is 362 g/mol. The van der Waals surface area contributed by atoms with Gasteiger partial charge in [-0.15, -0.1) is 11.3 Å². The second-order valence-electron chi connectivity index (χ2n) is 5.05. The van der Waals surface area contributed by atoms with E-state index in [1.54, 1.807) is 17.6 Å². The molecule has 2 heterocycles. The number of carbonyl (C=O) groups excluding carboxylic acids is 1. The van der Waals surface area contributed by atoms with Crippen LogP contribution in [-0.4, -0.2) is 28.5 Å². The Kier molecular flexibility index (Phi) is 4.45. The number of aromatic nitrogens is 3. The molecule has 0 aliphatic heterocycles. The van der Waals surface area contributed by atoms with Gasteiger partial charge in [-0.2, -0.15) is 17.6 Å². The van der Waals surface area contributed by atoms with E-state index in [0.717, 1.165) is 15.3 Å². The summed E-state index contributed by atoms with van der Waals surface area (Å²) in [5.74, 6) is -0.458. The SMILES string of the molecule is Cc1ccc(S(=O)(=O)n2ccc(C(=O)NCc3cscn3)n2)cc1. The lowest BCUT2D eigenvalue weighted by molar-refractivity contribution is 0.0945. The normalized spacial score (nSPS) is 11.4. The highest BCUT2D eigenvalue weighted by molar-refractivity contribution is 7.89. The van der Waals surface area contributed by atoms with E-state index in [1.165, 1.54) is 35.7 Å². The Hall–Kier alpha value is -2.52. The summed E-state index contributed by atoms with van der Waals surface area (Å²) in [4.78, 5) is 16.2. The molecular weight excluding hydrogens is 348 g/mol. The molecule has 0 saturated heterocycles.